The molecule has 0 fully saturated rings. The fourth-order valence-corrected chi connectivity index (χ4v) is 2.41. The maximum absolute atomic E-state index is 12.1. The standard InChI is InChI=1S/C14H17N3O/c1-10-6-5-7-11-12(16)14(18)17(13(10)11)9-4-2-3-8-15/h5-7,12H,2-4,9,16H2,1H3. The van der Waals surface area contributed by atoms with Gasteiger partial charge in [-0.1, -0.05) is 18.2 Å². The number of fused-ring (bicyclic) bond motifs is 1. The van der Waals surface area contributed by atoms with E-state index in [0.717, 1.165) is 29.7 Å². The Bertz CT molecular complexity index is 504. The molecule has 0 aromatic heterocycles. The number of nitrogens with zero attached hydrogens (tertiary/aromatic N) is 2. The van der Waals surface area contributed by atoms with Gasteiger partial charge in [0.05, 0.1) is 11.8 Å². The van der Waals surface area contributed by atoms with Crippen molar-refractivity contribution in [1.82, 2.24) is 0 Å². The highest BCUT2D eigenvalue weighted by Gasteiger charge is 2.35. The molecule has 1 amide bonds. The Morgan fingerprint density at radius 3 is 2.94 bits per heavy atom. The summed E-state index contributed by atoms with van der Waals surface area (Å²) in [5.74, 6) is -0.0312. The summed E-state index contributed by atoms with van der Waals surface area (Å²) in [6, 6.07) is 7.42. The van der Waals surface area contributed by atoms with Crippen molar-refractivity contribution in [2.45, 2.75) is 32.2 Å². The molecular formula is C14H17N3O. The number of rotatable bonds is 4. The lowest BCUT2D eigenvalue weighted by atomic mass is 10.1. The van der Waals surface area contributed by atoms with Gasteiger partial charge in [0.15, 0.2) is 0 Å². The van der Waals surface area contributed by atoms with Gasteiger partial charge in [-0.05, 0) is 25.3 Å². The number of anilines is 1. The second-order valence-corrected chi connectivity index (χ2v) is 4.60. The molecule has 0 radical (unpaired) electrons. The third kappa shape index (κ3) is 2.09. The number of hydrogen-bond acceptors (Lipinski definition) is 3. The Morgan fingerprint density at radius 1 is 1.44 bits per heavy atom. The number of nitrogens with two attached hydrogens (primary N) is 1. The van der Waals surface area contributed by atoms with Crippen LogP contribution < -0.4 is 10.6 Å². The first-order chi connectivity index (χ1) is 8.66. The minimum Gasteiger partial charge on any atom is -0.316 e. The predicted molar refractivity (Wildman–Crippen MR) is 69.9 cm³/mol. The van der Waals surface area contributed by atoms with Crippen LogP contribution >= 0.6 is 0 Å². The van der Waals surface area contributed by atoms with Gasteiger partial charge < -0.3 is 10.6 Å². The van der Waals surface area contributed by atoms with Crippen molar-refractivity contribution in [3.63, 3.8) is 0 Å². The molecule has 0 spiro atoms. The van der Waals surface area contributed by atoms with Gasteiger partial charge in [-0.25, -0.2) is 0 Å². The van der Waals surface area contributed by atoms with Crippen molar-refractivity contribution in [2.24, 2.45) is 5.73 Å². The minimum absolute atomic E-state index is 0.0312. The molecule has 1 aromatic carbocycles. The van der Waals surface area contributed by atoms with Crippen molar-refractivity contribution < 1.29 is 4.79 Å². The van der Waals surface area contributed by atoms with E-state index < -0.39 is 6.04 Å². The summed E-state index contributed by atoms with van der Waals surface area (Å²) in [5.41, 5.74) is 8.90. The van der Waals surface area contributed by atoms with E-state index in [0.29, 0.717) is 13.0 Å². The second-order valence-electron chi connectivity index (χ2n) is 4.60. The van der Waals surface area contributed by atoms with Crippen LogP contribution in [0.4, 0.5) is 5.69 Å². The maximum Gasteiger partial charge on any atom is 0.248 e. The largest absolute Gasteiger partial charge is 0.316 e. The fourth-order valence-electron chi connectivity index (χ4n) is 2.41. The van der Waals surface area contributed by atoms with Crippen LogP contribution in [0.15, 0.2) is 18.2 Å². The lowest BCUT2D eigenvalue weighted by Crippen LogP contribution is -2.32. The Kier molecular flexibility index (Phi) is 3.63. The Hall–Kier alpha value is -1.86. The molecular weight excluding hydrogens is 226 g/mol. The highest BCUT2D eigenvalue weighted by molar-refractivity contribution is 6.05. The van der Waals surface area contributed by atoms with Gasteiger partial charge in [0.1, 0.15) is 6.04 Å². The zero-order chi connectivity index (χ0) is 13.1. The van der Waals surface area contributed by atoms with E-state index in [9.17, 15) is 4.79 Å². The summed E-state index contributed by atoms with van der Waals surface area (Å²) in [7, 11) is 0. The first kappa shape index (κ1) is 12.6. The lowest BCUT2D eigenvalue weighted by molar-refractivity contribution is -0.119. The third-order valence-corrected chi connectivity index (χ3v) is 3.33. The van der Waals surface area contributed by atoms with Gasteiger partial charge in [0, 0.05) is 18.5 Å². The SMILES string of the molecule is Cc1cccc2c1N(CCCCC#N)C(=O)C2N. The molecule has 18 heavy (non-hydrogen) atoms. The summed E-state index contributed by atoms with van der Waals surface area (Å²) >= 11 is 0. The van der Waals surface area contributed by atoms with E-state index in [1.165, 1.54) is 0 Å². The number of amides is 1. The van der Waals surface area contributed by atoms with E-state index in [1.54, 1.807) is 4.90 Å². The van der Waals surface area contributed by atoms with Crippen LogP contribution in [0.2, 0.25) is 0 Å². The van der Waals surface area contributed by atoms with Gasteiger partial charge in [-0.15, -0.1) is 0 Å². The number of unbranched alkanes of at least 4 members (excludes halogenated alkanes) is 2. The zero-order valence-electron chi connectivity index (χ0n) is 10.5. The first-order valence-electron chi connectivity index (χ1n) is 6.20. The second kappa shape index (κ2) is 5.19. The number of aryl methyl sites for hydroxylation is 1. The van der Waals surface area contributed by atoms with Gasteiger partial charge in [0.25, 0.3) is 0 Å². The van der Waals surface area contributed by atoms with Crippen LogP contribution in [0, 0.1) is 18.3 Å². The van der Waals surface area contributed by atoms with E-state index in [2.05, 4.69) is 6.07 Å². The molecule has 1 aliphatic rings. The zero-order valence-corrected chi connectivity index (χ0v) is 10.5. The average Bonchev–Trinajstić information content (AvgIpc) is 2.61. The van der Waals surface area contributed by atoms with Crippen LogP contribution in [0.5, 0.6) is 0 Å². The number of nitriles is 1. The third-order valence-electron chi connectivity index (χ3n) is 3.33. The highest BCUT2D eigenvalue weighted by Crippen LogP contribution is 2.37. The summed E-state index contributed by atoms with van der Waals surface area (Å²) < 4.78 is 0. The molecule has 0 saturated carbocycles. The number of para-hydroxylation sites is 1. The molecule has 2 N–H and O–H groups in total. The smallest absolute Gasteiger partial charge is 0.248 e. The van der Waals surface area contributed by atoms with Crippen molar-refractivity contribution in [2.75, 3.05) is 11.4 Å². The summed E-state index contributed by atoms with van der Waals surface area (Å²) in [6.07, 6.45) is 2.19. The molecule has 1 aliphatic heterocycles. The summed E-state index contributed by atoms with van der Waals surface area (Å²) in [4.78, 5) is 13.9. The maximum atomic E-state index is 12.1. The summed E-state index contributed by atoms with van der Waals surface area (Å²) in [5, 5.41) is 8.50. The van der Waals surface area contributed by atoms with Crippen LogP contribution in [0.1, 0.15) is 36.4 Å². The predicted octanol–water partition coefficient (Wildman–Crippen LogP) is 2.04. The number of carbonyl (C=O) groups excluding carboxylic acids is 1. The number of benzene rings is 1. The monoisotopic (exact) mass is 243 g/mol. The van der Waals surface area contributed by atoms with E-state index in [1.807, 2.05) is 25.1 Å². The molecule has 1 unspecified atom stereocenters. The van der Waals surface area contributed by atoms with Gasteiger partial charge in [-0.3, -0.25) is 4.79 Å². The molecule has 0 aliphatic carbocycles. The molecule has 1 aromatic rings. The van der Waals surface area contributed by atoms with Gasteiger partial charge in [-0.2, -0.15) is 5.26 Å². The van der Waals surface area contributed by atoms with Crippen LogP contribution in [0.25, 0.3) is 0 Å². The quantitative estimate of drug-likeness (QED) is 0.822. The molecule has 4 heteroatoms. The topological polar surface area (TPSA) is 70.1 Å². The molecule has 4 nitrogen and oxygen atoms in total. The van der Waals surface area contributed by atoms with Crippen LogP contribution in [-0.2, 0) is 4.79 Å². The Labute approximate surface area is 107 Å². The highest BCUT2D eigenvalue weighted by atomic mass is 16.2. The first-order valence-corrected chi connectivity index (χ1v) is 6.20. The normalized spacial score (nSPS) is 17.7. The van der Waals surface area contributed by atoms with Crippen LogP contribution in [-0.4, -0.2) is 12.5 Å². The Morgan fingerprint density at radius 2 is 2.22 bits per heavy atom. The number of carbonyl (C=O) groups is 1. The average molecular weight is 243 g/mol. The fraction of sp³-hybridized carbons (Fsp3) is 0.429. The van der Waals surface area contributed by atoms with E-state index in [-0.39, 0.29) is 5.91 Å². The van der Waals surface area contributed by atoms with Crippen molar-refractivity contribution in [1.29, 1.82) is 5.26 Å². The Balaban J connectivity index is 2.18. The minimum atomic E-state index is -0.532. The van der Waals surface area contributed by atoms with Gasteiger partial charge in [0.2, 0.25) is 5.91 Å². The van der Waals surface area contributed by atoms with Crippen molar-refractivity contribution in [3.05, 3.63) is 29.3 Å². The molecule has 1 atom stereocenters. The molecule has 0 bridgehead atoms. The van der Waals surface area contributed by atoms with E-state index >= 15 is 0 Å². The molecule has 2 rings (SSSR count). The molecule has 0 saturated heterocycles. The van der Waals surface area contributed by atoms with Crippen molar-refractivity contribution >= 4 is 11.6 Å². The molecule has 1 heterocycles. The molecule has 94 valence electrons. The van der Waals surface area contributed by atoms with Crippen LogP contribution in [0.3, 0.4) is 0 Å². The van der Waals surface area contributed by atoms with Crippen molar-refractivity contribution in [3.8, 4) is 6.07 Å². The summed E-state index contributed by atoms with van der Waals surface area (Å²) in [6.45, 7) is 2.64. The number of hydrogen-bond donors (Lipinski definition) is 1. The van der Waals surface area contributed by atoms with Gasteiger partial charge >= 0.3 is 0 Å². The lowest BCUT2D eigenvalue weighted by Gasteiger charge is -2.19. The van der Waals surface area contributed by atoms with E-state index in [4.69, 9.17) is 11.0 Å².